The number of carbonyl (C=O) groups excluding carboxylic acids is 2. The van der Waals surface area contributed by atoms with Crippen molar-refractivity contribution in [1.29, 1.82) is 0 Å². The predicted octanol–water partition coefficient (Wildman–Crippen LogP) is 1.97. The van der Waals surface area contributed by atoms with Crippen molar-refractivity contribution < 1.29 is 19.5 Å². The van der Waals surface area contributed by atoms with Gasteiger partial charge in [-0.2, -0.15) is 0 Å². The number of hydrogen-bond donors (Lipinski definition) is 2. The fourth-order valence-electron chi connectivity index (χ4n) is 3.48. The molecule has 1 aromatic rings. The molecule has 7 nitrogen and oxygen atoms in total. The molecule has 3 rings (SSSR count). The van der Waals surface area contributed by atoms with Gasteiger partial charge in [-0.3, -0.25) is 19.3 Å². The average molecular weight is 382 g/mol. The second-order valence-electron chi connectivity index (χ2n) is 6.66. The van der Waals surface area contributed by atoms with E-state index >= 15 is 0 Å². The molecule has 2 aliphatic heterocycles. The smallest absolute Gasteiger partial charge is 0.307 e. The van der Waals surface area contributed by atoms with E-state index in [-0.39, 0.29) is 30.8 Å². The fraction of sp³-hybridized carbons (Fsp3) is 0.500. The molecule has 0 spiro atoms. The van der Waals surface area contributed by atoms with E-state index in [4.69, 9.17) is 5.11 Å². The van der Waals surface area contributed by atoms with Gasteiger partial charge in [-0.25, -0.2) is 0 Å². The molecule has 0 bridgehead atoms. The Bertz CT molecular complexity index is 682. The lowest BCUT2D eigenvalue weighted by Gasteiger charge is -2.29. The summed E-state index contributed by atoms with van der Waals surface area (Å²) in [6.45, 7) is 2.03. The van der Waals surface area contributed by atoms with Crippen molar-refractivity contribution in [2.75, 3.05) is 36.4 Å². The molecule has 0 aromatic heterocycles. The highest BCUT2D eigenvalue weighted by molar-refractivity contribution is 5.97. The molecule has 2 fully saturated rings. The second-order valence-corrected chi connectivity index (χ2v) is 6.66. The molecule has 1 atom stereocenters. The zero-order valence-corrected chi connectivity index (χ0v) is 15.3. The van der Waals surface area contributed by atoms with Crippen LogP contribution in [-0.2, 0) is 14.4 Å². The summed E-state index contributed by atoms with van der Waals surface area (Å²) in [4.78, 5) is 38.8. The van der Waals surface area contributed by atoms with Crippen LogP contribution in [0.5, 0.6) is 0 Å². The van der Waals surface area contributed by atoms with E-state index in [1.54, 1.807) is 17.0 Å². The molecule has 2 N–H and O–H groups in total. The van der Waals surface area contributed by atoms with Crippen LogP contribution in [0.3, 0.4) is 0 Å². The summed E-state index contributed by atoms with van der Waals surface area (Å²) in [6, 6.07) is 7.27. The molecule has 2 aliphatic rings. The number of anilines is 2. The van der Waals surface area contributed by atoms with E-state index in [1.807, 2.05) is 17.0 Å². The zero-order chi connectivity index (χ0) is 17.8. The molecule has 8 heteroatoms. The van der Waals surface area contributed by atoms with Crippen LogP contribution in [0.1, 0.15) is 25.7 Å². The van der Waals surface area contributed by atoms with Gasteiger partial charge in [-0.05, 0) is 44.0 Å². The first-order chi connectivity index (χ1) is 12.0. The summed E-state index contributed by atoms with van der Waals surface area (Å²) in [5.74, 6) is -1.26. The molecular weight excluding hydrogens is 358 g/mol. The minimum absolute atomic E-state index is 0. The first-order valence-electron chi connectivity index (χ1n) is 8.68. The van der Waals surface area contributed by atoms with Gasteiger partial charge in [0, 0.05) is 30.9 Å². The van der Waals surface area contributed by atoms with E-state index in [1.165, 1.54) is 0 Å². The lowest BCUT2D eigenvalue weighted by atomic mass is 9.98. The number of carboxylic acids is 1. The molecular formula is C18H24ClN3O4. The Labute approximate surface area is 158 Å². The van der Waals surface area contributed by atoms with Crippen molar-refractivity contribution in [2.45, 2.75) is 25.7 Å². The fourth-order valence-corrected chi connectivity index (χ4v) is 3.48. The zero-order valence-electron chi connectivity index (χ0n) is 14.5. The molecule has 1 unspecified atom stereocenters. The van der Waals surface area contributed by atoms with E-state index in [0.717, 1.165) is 25.1 Å². The number of benzene rings is 1. The van der Waals surface area contributed by atoms with Crippen LogP contribution in [0, 0.1) is 5.92 Å². The van der Waals surface area contributed by atoms with E-state index in [2.05, 4.69) is 5.32 Å². The van der Waals surface area contributed by atoms with Gasteiger partial charge in [-0.15, -0.1) is 12.4 Å². The molecule has 142 valence electrons. The summed E-state index contributed by atoms with van der Waals surface area (Å²) < 4.78 is 0. The number of carbonyl (C=O) groups is 3. The van der Waals surface area contributed by atoms with Crippen molar-refractivity contribution in [3.05, 3.63) is 24.3 Å². The Kier molecular flexibility index (Phi) is 6.99. The van der Waals surface area contributed by atoms with Gasteiger partial charge in [-0.1, -0.05) is 6.07 Å². The van der Waals surface area contributed by atoms with Crippen LogP contribution in [0.4, 0.5) is 11.4 Å². The minimum atomic E-state index is -0.798. The molecule has 2 amide bonds. The monoisotopic (exact) mass is 381 g/mol. The lowest BCUT2D eigenvalue weighted by molar-refractivity contribution is -0.144. The van der Waals surface area contributed by atoms with Crippen molar-refractivity contribution in [1.82, 2.24) is 4.90 Å². The molecule has 26 heavy (non-hydrogen) atoms. The van der Waals surface area contributed by atoms with Crippen LogP contribution in [0.25, 0.3) is 0 Å². The first kappa shape index (κ1) is 20.2. The number of amides is 2. The summed E-state index contributed by atoms with van der Waals surface area (Å²) >= 11 is 0. The van der Waals surface area contributed by atoms with Crippen molar-refractivity contribution in [2.24, 2.45) is 5.92 Å². The van der Waals surface area contributed by atoms with Crippen LogP contribution < -0.4 is 10.2 Å². The average Bonchev–Trinajstić information content (AvgIpc) is 3.01. The third-order valence-electron chi connectivity index (χ3n) is 4.74. The van der Waals surface area contributed by atoms with Gasteiger partial charge in [0.25, 0.3) is 0 Å². The van der Waals surface area contributed by atoms with Gasteiger partial charge in [0.15, 0.2) is 0 Å². The maximum Gasteiger partial charge on any atom is 0.307 e. The number of nitrogens with one attached hydrogen (secondary N) is 1. The highest BCUT2D eigenvalue weighted by Gasteiger charge is 2.26. The quantitative estimate of drug-likeness (QED) is 0.813. The normalized spacial score (nSPS) is 20.5. The lowest BCUT2D eigenvalue weighted by Crippen LogP contribution is -2.42. The minimum Gasteiger partial charge on any atom is -0.481 e. The third-order valence-corrected chi connectivity index (χ3v) is 4.74. The topological polar surface area (TPSA) is 89.9 Å². The highest BCUT2D eigenvalue weighted by atomic mass is 35.5. The van der Waals surface area contributed by atoms with Gasteiger partial charge < -0.3 is 15.3 Å². The van der Waals surface area contributed by atoms with Gasteiger partial charge >= 0.3 is 5.97 Å². The maximum absolute atomic E-state index is 12.3. The number of aliphatic carboxylic acids is 1. The number of hydrogen-bond acceptors (Lipinski definition) is 4. The number of piperidine rings is 1. The Morgan fingerprint density at radius 3 is 2.73 bits per heavy atom. The first-order valence-corrected chi connectivity index (χ1v) is 8.68. The summed E-state index contributed by atoms with van der Waals surface area (Å²) in [6.07, 6.45) is 2.88. The number of carboxylic acid groups (broad SMARTS) is 1. The molecule has 0 saturated carbocycles. The number of rotatable bonds is 5. The van der Waals surface area contributed by atoms with Crippen molar-refractivity contribution >= 4 is 41.6 Å². The van der Waals surface area contributed by atoms with E-state index in [0.29, 0.717) is 31.6 Å². The third kappa shape index (κ3) is 4.95. The molecule has 2 saturated heterocycles. The Hall–Kier alpha value is -2.12. The van der Waals surface area contributed by atoms with E-state index in [9.17, 15) is 14.4 Å². The highest BCUT2D eigenvalue weighted by Crippen LogP contribution is 2.24. The van der Waals surface area contributed by atoms with Gasteiger partial charge in [0.2, 0.25) is 11.8 Å². The Morgan fingerprint density at radius 1 is 1.23 bits per heavy atom. The molecule has 0 radical (unpaired) electrons. The van der Waals surface area contributed by atoms with Crippen LogP contribution in [0.2, 0.25) is 0 Å². The molecule has 1 aromatic carbocycles. The summed E-state index contributed by atoms with van der Waals surface area (Å²) in [7, 11) is 0. The SMILES string of the molecule is Cl.O=C(CN1CCCC(C(=O)O)C1)Nc1cccc(N2CCCC2=O)c1. The Balaban J connectivity index is 0.00000243. The summed E-state index contributed by atoms with van der Waals surface area (Å²) in [5.41, 5.74) is 1.44. The van der Waals surface area contributed by atoms with Crippen LogP contribution in [0.15, 0.2) is 24.3 Å². The van der Waals surface area contributed by atoms with Crippen LogP contribution >= 0.6 is 12.4 Å². The standard InChI is InChI=1S/C18H23N3O4.ClH/c22-16(12-20-8-2-4-13(11-20)18(24)25)19-14-5-1-6-15(10-14)21-9-3-7-17(21)23;/h1,5-6,10,13H,2-4,7-9,11-12H2,(H,19,22)(H,24,25);1H. The van der Waals surface area contributed by atoms with Gasteiger partial charge in [0.05, 0.1) is 12.5 Å². The second kappa shape index (κ2) is 9.00. The van der Waals surface area contributed by atoms with Crippen LogP contribution in [-0.4, -0.2) is 54.0 Å². The molecule has 2 heterocycles. The largest absolute Gasteiger partial charge is 0.481 e. The Morgan fingerprint density at radius 2 is 2.04 bits per heavy atom. The maximum atomic E-state index is 12.3. The van der Waals surface area contributed by atoms with Crippen molar-refractivity contribution in [3.8, 4) is 0 Å². The van der Waals surface area contributed by atoms with E-state index < -0.39 is 11.9 Å². The number of likely N-dealkylation sites (tertiary alicyclic amines) is 1. The number of nitrogens with zero attached hydrogens (tertiary/aromatic N) is 2. The summed E-state index contributed by atoms with van der Waals surface area (Å²) in [5, 5.41) is 12.0. The van der Waals surface area contributed by atoms with Crippen molar-refractivity contribution in [3.63, 3.8) is 0 Å². The predicted molar refractivity (Wildman–Crippen MR) is 101 cm³/mol. The number of halogens is 1. The van der Waals surface area contributed by atoms with Gasteiger partial charge in [0.1, 0.15) is 0 Å². The molecule has 0 aliphatic carbocycles.